The van der Waals surface area contributed by atoms with E-state index in [0.29, 0.717) is 18.7 Å². The van der Waals surface area contributed by atoms with Crippen molar-refractivity contribution < 1.29 is 14.3 Å². The van der Waals surface area contributed by atoms with Gasteiger partial charge >= 0.3 is 6.09 Å². The maximum absolute atomic E-state index is 13.0. The minimum Gasteiger partial charge on any atom is -0.447 e. The lowest BCUT2D eigenvalue weighted by Gasteiger charge is -2.24. The fourth-order valence-corrected chi connectivity index (χ4v) is 4.26. The molecule has 1 aromatic heterocycles. The number of rotatable bonds is 3. The van der Waals surface area contributed by atoms with Crippen LogP contribution in [0.4, 0.5) is 10.5 Å². The van der Waals surface area contributed by atoms with E-state index in [9.17, 15) is 9.59 Å². The van der Waals surface area contributed by atoms with Gasteiger partial charge in [0.25, 0.3) is 5.91 Å². The van der Waals surface area contributed by atoms with Gasteiger partial charge < -0.3 is 9.64 Å². The van der Waals surface area contributed by atoms with Gasteiger partial charge in [-0.15, -0.1) is 11.3 Å². The number of thiophene rings is 1. The van der Waals surface area contributed by atoms with E-state index in [1.165, 1.54) is 4.88 Å². The molecule has 0 radical (unpaired) electrons. The van der Waals surface area contributed by atoms with Gasteiger partial charge in [-0.25, -0.2) is 4.79 Å². The Morgan fingerprint density at radius 1 is 1.21 bits per heavy atom. The number of carbonyl (C=O) groups is 2. The van der Waals surface area contributed by atoms with Crippen molar-refractivity contribution in [2.24, 2.45) is 0 Å². The Morgan fingerprint density at radius 3 is 2.88 bits per heavy atom. The van der Waals surface area contributed by atoms with E-state index in [0.717, 1.165) is 25.1 Å². The molecule has 4 rings (SSSR count). The van der Waals surface area contributed by atoms with Crippen molar-refractivity contribution in [3.63, 3.8) is 0 Å². The van der Waals surface area contributed by atoms with Crippen LogP contribution in [0, 0.1) is 0 Å². The molecule has 2 amide bonds. The lowest BCUT2D eigenvalue weighted by molar-refractivity contribution is 0.0738. The van der Waals surface area contributed by atoms with Crippen molar-refractivity contribution in [1.29, 1.82) is 0 Å². The van der Waals surface area contributed by atoms with Crippen LogP contribution >= 0.6 is 11.3 Å². The number of amides is 2. The van der Waals surface area contributed by atoms with E-state index < -0.39 is 0 Å². The molecule has 5 nitrogen and oxygen atoms in total. The Balaban J connectivity index is 1.59. The Labute approximate surface area is 144 Å². The zero-order valence-corrected chi connectivity index (χ0v) is 14.0. The first-order valence-electron chi connectivity index (χ1n) is 8.13. The molecule has 0 N–H and O–H groups in total. The Kier molecular flexibility index (Phi) is 3.98. The van der Waals surface area contributed by atoms with E-state index in [1.54, 1.807) is 22.3 Å². The number of likely N-dealkylation sites (tertiary alicyclic amines) is 1. The summed E-state index contributed by atoms with van der Waals surface area (Å²) in [6, 6.07) is 11.6. The lowest BCUT2D eigenvalue weighted by atomic mass is 10.1. The number of hydrogen-bond donors (Lipinski definition) is 0. The number of cyclic esters (lactones) is 1. The monoisotopic (exact) mass is 342 g/mol. The van der Waals surface area contributed by atoms with E-state index >= 15 is 0 Å². The molecular formula is C18H18N2O3S. The second-order valence-electron chi connectivity index (χ2n) is 5.99. The maximum Gasteiger partial charge on any atom is 0.414 e. The standard InChI is InChI=1S/C18H18N2O3S/c21-17(20-8-2-6-15(20)16-7-3-11-24-16)13-4-1-5-14(12-13)19-9-10-23-18(19)22/h1,3-5,7,11-12,15H,2,6,8-10H2. The van der Waals surface area contributed by atoms with Crippen LogP contribution in [0.5, 0.6) is 0 Å². The molecule has 2 aliphatic heterocycles. The van der Waals surface area contributed by atoms with Crippen LogP contribution in [0.2, 0.25) is 0 Å². The normalized spacial score (nSPS) is 20.5. The molecular weight excluding hydrogens is 324 g/mol. The van der Waals surface area contributed by atoms with Crippen LogP contribution in [-0.2, 0) is 4.74 Å². The summed E-state index contributed by atoms with van der Waals surface area (Å²) in [5, 5.41) is 2.05. The van der Waals surface area contributed by atoms with Gasteiger partial charge in [0.1, 0.15) is 6.61 Å². The second-order valence-corrected chi connectivity index (χ2v) is 6.97. The number of carbonyl (C=O) groups excluding carboxylic acids is 2. The third kappa shape index (κ3) is 2.67. The molecule has 3 heterocycles. The largest absolute Gasteiger partial charge is 0.447 e. The van der Waals surface area contributed by atoms with E-state index in [4.69, 9.17) is 4.74 Å². The van der Waals surface area contributed by atoms with Gasteiger partial charge in [-0.3, -0.25) is 9.69 Å². The number of benzene rings is 1. The van der Waals surface area contributed by atoms with Crippen molar-refractivity contribution in [2.45, 2.75) is 18.9 Å². The maximum atomic E-state index is 13.0. The summed E-state index contributed by atoms with van der Waals surface area (Å²) in [5.74, 6) is 0.0281. The van der Waals surface area contributed by atoms with Crippen LogP contribution < -0.4 is 4.90 Å². The van der Waals surface area contributed by atoms with Gasteiger partial charge in [0.2, 0.25) is 0 Å². The summed E-state index contributed by atoms with van der Waals surface area (Å²) in [7, 11) is 0. The van der Waals surface area contributed by atoms with Gasteiger partial charge in [0, 0.05) is 22.7 Å². The van der Waals surface area contributed by atoms with Crippen molar-refractivity contribution in [3.8, 4) is 0 Å². The van der Waals surface area contributed by atoms with Crippen LogP contribution in [0.15, 0.2) is 41.8 Å². The molecule has 0 bridgehead atoms. The van der Waals surface area contributed by atoms with E-state index in [2.05, 4.69) is 11.4 Å². The van der Waals surface area contributed by atoms with Crippen LogP contribution in [0.3, 0.4) is 0 Å². The highest BCUT2D eigenvalue weighted by atomic mass is 32.1. The van der Waals surface area contributed by atoms with Gasteiger partial charge in [0.05, 0.1) is 12.6 Å². The minimum atomic E-state index is -0.350. The summed E-state index contributed by atoms with van der Waals surface area (Å²) in [4.78, 5) is 29.5. The molecule has 24 heavy (non-hydrogen) atoms. The molecule has 2 aromatic rings. The fraction of sp³-hybridized carbons (Fsp3) is 0.333. The Morgan fingerprint density at radius 2 is 2.12 bits per heavy atom. The SMILES string of the molecule is O=C1OCCN1c1cccc(C(=O)N2CCCC2c2cccs2)c1. The van der Waals surface area contributed by atoms with E-state index in [1.807, 2.05) is 29.2 Å². The van der Waals surface area contributed by atoms with Gasteiger partial charge in [-0.05, 0) is 42.5 Å². The predicted molar refractivity (Wildman–Crippen MR) is 92.5 cm³/mol. The third-order valence-corrected chi connectivity index (χ3v) is 5.52. The molecule has 6 heteroatoms. The van der Waals surface area contributed by atoms with Crippen molar-refractivity contribution >= 4 is 29.0 Å². The van der Waals surface area contributed by atoms with Crippen molar-refractivity contribution in [1.82, 2.24) is 4.90 Å². The third-order valence-electron chi connectivity index (χ3n) is 4.55. The molecule has 2 aliphatic rings. The van der Waals surface area contributed by atoms with Gasteiger partial charge in [-0.1, -0.05) is 12.1 Å². The molecule has 2 saturated heterocycles. The minimum absolute atomic E-state index is 0.0281. The van der Waals surface area contributed by atoms with Gasteiger partial charge in [-0.2, -0.15) is 0 Å². The molecule has 0 spiro atoms. The topological polar surface area (TPSA) is 49.9 Å². The first kappa shape index (κ1) is 15.2. The summed E-state index contributed by atoms with van der Waals surface area (Å²) in [5.41, 5.74) is 1.34. The lowest BCUT2D eigenvalue weighted by Crippen LogP contribution is -2.30. The first-order chi connectivity index (χ1) is 11.7. The smallest absolute Gasteiger partial charge is 0.414 e. The summed E-state index contributed by atoms with van der Waals surface area (Å²) in [6.07, 6.45) is 1.67. The highest BCUT2D eigenvalue weighted by Gasteiger charge is 2.32. The van der Waals surface area contributed by atoms with Crippen molar-refractivity contribution in [3.05, 3.63) is 52.2 Å². The fourth-order valence-electron chi connectivity index (χ4n) is 3.39. The van der Waals surface area contributed by atoms with Crippen LogP contribution in [0.1, 0.15) is 34.1 Å². The highest BCUT2D eigenvalue weighted by molar-refractivity contribution is 7.10. The average Bonchev–Trinajstić information content (AvgIpc) is 3.34. The van der Waals surface area contributed by atoms with Crippen LogP contribution in [0.25, 0.3) is 0 Å². The summed E-state index contributed by atoms with van der Waals surface area (Å²) < 4.78 is 4.98. The Hall–Kier alpha value is -2.34. The van der Waals surface area contributed by atoms with Gasteiger partial charge in [0.15, 0.2) is 0 Å². The summed E-state index contributed by atoms with van der Waals surface area (Å²) >= 11 is 1.70. The number of hydrogen-bond acceptors (Lipinski definition) is 4. The number of ether oxygens (including phenoxy) is 1. The number of nitrogens with zero attached hydrogens (tertiary/aromatic N) is 2. The molecule has 124 valence electrons. The molecule has 1 atom stereocenters. The highest BCUT2D eigenvalue weighted by Crippen LogP contribution is 2.35. The van der Waals surface area contributed by atoms with Crippen molar-refractivity contribution in [2.75, 3.05) is 24.6 Å². The molecule has 2 fully saturated rings. The zero-order chi connectivity index (χ0) is 16.5. The van der Waals surface area contributed by atoms with Crippen LogP contribution in [-0.4, -0.2) is 36.6 Å². The predicted octanol–water partition coefficient (Wildman–Crippen LogP) is 3.68. The first-order valence-corrected chi connectivity index (χ1v) is 9.01. The number of anilines is 1. The molecule has 1 unspecified atom stereocenters. The van der Waals surface area contributed by atoms with E-state index in [-0.39, 0.29) is 18.0 Å². The molecule has 0 saturated carbocycles. The average molecular weight is 342 g/mol. The molecule has 0 aliphatic carbocycles. The summed E-state index contributed by atoms with van der Waals surface area (Å²) in [6.45, 7) is 1.69. The molecule has 1 aromatic carbocycles. The zero-order valence-electron chi connectivity index (χ0n) is 13.2. The quantitative estimate of drug-likeness (QED) is 0.855. The Bertz CT molecular complexity index is 759. The second kappa shape index (κ2) is 6.28.